The summed E-state index contributed by atoms with van der Waals surface area (Å²) < 4.78 is 0. The van der Waals surface area contributed by atoms with Crippen molar-refractivity contribution in [3.05, 3.63) is 35.7 Å². The number of anilines is 1. The summed E-state index contributed by atoms with van der Waals surface area (Å²) in [6, 6.07) is 4.72. The molecular formula is C18H29N3. The van der Waals surface area contributed by atoms with Gasteiger partial charge >= 0.3 is 0 Å². The zero-order valence-electron chi connectivity index (χ0n) is 14.1. The van der Waals surface area contributed by atoms with Gasteiger partial charge in [-0.15, -0.1) is 0 Å². The number of pyridine rings is 1. The Morgan fingerprint density at radius 1 is 1.33 bits per heavy atom. The molecule has 1 unspecified atom stereocenters. The molecule has 0 amide bonds. The van der Waals surface area contributed by atoms with Gasteiger partial charge in [0.1, 0.15) is 0 Å². The van der Waals surface area contributed by atoms with E-state index in [1.54, 1.807) is 5.57 Å². The van der Waals surface area contributed by atoms with Crippen molar-refractivity contribution in [2.75, 3.05) is 25.0 Å². The summed E-state index contributed by atoms with van der Waals surface area (Å²) in [5, 5.41) is 3.30. The second-order valence-corrected chi connectivity index (χ2v) is 6.87. The first-order chi connectivity index (χ1) is 9.95. The molecule has 0 bridgehead atoms. The molecule has 1 aliphatic rings. The Balaban J connectivity index is 2.06. The van der Waals surface area contributed by atoms with Crippen molar-refractivity contribution in [1.82, 2.24) is 10.3 Å². The highest BCUT2D eigenvalue weighted by Gasteiger charge is 2.21. The molecule has 3 heteroatoms. The van der Waals surface area contributed by atoms with Crippen LogP contribution in [-0.4, -0.2) is 25.1 Å². The van der Waals surface area contributed by atoms with Crippen LogP contribution in [0.3, 0.4) is 0 Å². The van der Waals surface area contributed by atoms with Crippen molar-refractivity contribution in [2.45, 2.75) is 46.6 Å². The molecule has 2 rings (SSSR count). The lowest BCUT2D eigenvalue weighted by Gasteiger charge is -2.33. The molecule has 0 aliphatic carbocycles. The van der Waals surface area contributed by atoms with Gasteiger partial charge in [-0.25, -0.2) is 0 Å². The van der Waals surface area contributed by atoms with Gasteiger partial charge < -0.3 is 10.2 Å². The fraction of sp³-hybridized carbons (Fsp3) is 0.611. The van der Waals surface area contributed by atoms with E-state index in [2.05, 4.69) is 61.1 Å². The highest BCUT2D eigenvalue weighted by Crippen LogP contribution is 2.31. The Labute approximate surface area is 129 Å². The zero-order valence-corrected chi connectivity index (χ0v) is 14.1. The van der Waals surface area contributed by atoms with Crippen molar-refractivity contribution in [3.8, 4) is 0 Å². The standard InChI is InChI=1S/C18H29N3/c1-6-16(19-5)17-8-7-15(13-20-17)21-11-9-14(10-12-21)18(2,3)4/h7-9,13,16,19H,6,10-12H2,1-5H3. The lowest BCUT2D eigenvalue weighted by atomic mass is 9.83. The third-order valence-electron chi connectivity index (χ3n) is 4.42. The number of aromatic nitrogens is 1. The van der Waals surface area contributed by atoms with Gasteiger partial charge in [-0.1, -0.05) is 39.3 Å². The summed E-state index contributed by atoms with van der Waals surface area (Å²) in [6.07, 6.45) is 6.62. The molecule has 1 aromatic rings. The average Bonchev–Trinajstić information content (AvgIpc) is 2.48. The number of hydrogen-bond donors (Lipinski definition) is 1. The first-order valence-electron chi connectivity index (χ1n) is 8.03. The largest absolute Gasteiger partial charge is 0.366 e. The van der Waals surface area contributed by atoms with Crippen LogP contribution in [0.5, 0.6) is 0 Å². The van der Waals surface area contributed by atoms with Crippen molar-refractivity contribution in [1.29, 1.82) is 0 Å². The molecule has 0 spiro atoms. The van der Waals surface area contributed by atoms with Gasteiger partial charge in [0, 0.05) is 19.1 Å². The highest BCUT2D eigenvalue weighted by atomic mass is 15.1. The van der Waals surface area contributed by atoms with Crippen molar-refractivity contribution in [2.24, 2.45) is 5.41 Å². The SMILES string of the molecule is CCC(NC)c1ccc(N2CC=C(C(C)(C)C)CC2)cn1. The molecule has 0 fully saturated rings. The van der Waals surface area contributed by atoms with E-state index in [4.69, 9.17) is 0 Å². The Kier molecular flexibility index (Phi) is 5.04. The van der Waals surface area contributed by atoms with Crippen LogP contribution in [0, 0.1) is 5.41 Å². The minimum absolute atomic E-state index is 0.301. The van der Waals surface area contributed by atoms with Crippen LogP contribution in [0.15, 0.2) is 30.0 Å². The minimum Gasteiger partial charge on any atom is -0.366 e. The molecular weight excluding hydrogens is 258 g/mol. The Hall–Kier alpha value is -1.35. The summed E-state index contributed by atoms with van der Waals surface area (Å²) in [4.78, 5) is 7.05. The smallest absolute Gasteiger partial charge is 0.0574 e. The summed E-state index contributed by atoms with van der Waals surface area (Å²) >= 11 is 0. The van der Waals surface area contributed by atoms with Crippen molar-refractivity contribution in [3.63, 3.8) is 0 Å². The molecule has 1 N–H and O–H groups in total. The highest BCUT2D eigenvalue weighted by molar-refractivity contribution is 5.47. The van der Waals surface area contributed by atoms with Gasteiger partial charge in [0.15, 0.2) is 0 Å². The van der Waals surface area contributed by atoms with Gasteiger partial charge in [-0.2, -0.15) is 0 Å². The summed E-state index contributed by atoms with van der Waals surface area (Å²) in [5.41, 5.74) is 4.24. The van der Waals surface area contributed by atoms with Crippen LogP contribution in [0.4, 0.5) is 5.69 Å². The van der Waals surface area contributed by atoms with E-state index in [-0.39, 0.29) is 0 Å². The number of nitrogens with zero attached hydrogens (tertiary/aromatic N) is 2. The molecule has 0 aromatic carbocycles. The number of nitrogens with one attached hydrogen (secondary N) is 1. The van der Waals surface area contributed by atoms with Crippen molar-refractivity contribution < 1.29 is 0 Å². The van der Waals surface area contributed by atoms with E-state index in [1.165, 1.54) is 5.69 Å². The topological polar surface area (TPSA) is 28.2 Å². The number of hydrogen-bond acceptors (Lipinski definition) is 3. The van der Waals surface area contributed by atoms with E-state index >= 15 is 0 Å². The van der Waals surface area contributed by atoms with E-state index in [0.29, 0.717) is 11.5 Å². The summed E-state index contributed by atoms with van der Waals surface area (Å²) in [5.74, 6) is 0. The van der Waals surface area contributed by atoms with Gasteiger partial charge in [0.25, 0.3) is 0 Å². The lowest BCUT2D eigenvalue weighted by molar-refractivity contribution is 0.472. The van der Waals surface area contributed by atoms with E-state index in [0.717, 1.165) is 31.6 Å². The molecule has 1 aliphatic heterocycles. The number of rotatable bonds is 4. The molecule has 2 heterocycles. The normalized spacial score (nSPS) is 17.6. The van der Waals surface area contributed by atoms with Crippen LogP contribution >= 0.6 is 0 Å². The van der Waals surface area contributed by atoms with Crippen LogP contribution in [0.2, 0.25) is 0 Å². The third-order valence-corrected chi connectivity index (χ3v) is 4.42. The van der Waals surface area contributed by atoms with Crippen molar-refractivity contribution >= 4 is 5.69 Å². The maximum atomic E-state index is 4.64. The van der Waals surface area contributed by atoms with E-state index in [1.807, 2.05) is 13.2 Å². The van der Waals surface area contributed by atoms with E-state index < -0.39 is 0 Å². The first-order valence-corrected chi connectivity index (χ1v) is 8.03. The Morgan fingerprint density at radius 3 is 2.52 bits per heavy atom. The van der Waals surface area contributed by atoms with Crippen LogP contribution < -0.4 is 10.2 Å². The Bertz CT molecular complexity index is 478. The lowest BCUT2D eigenvalue weighted by Crippen LogP contribution is -2.31. The summed E-state index contributed by atoms with van der Waals surface area (Å²) in [6.45, 7) is 11.2. The van der Waals surface area contributed by atoms with E-state index in [9.17, 15) is 0 Å². The maximum absolute atomic E-state index is 4.64. The maximum Gasteiger partial charge on any atom is 0.0574 e. The summed E-state index contributed by atoms with van der Waals surface area (Å²) in [7, 11) is 1.99. The minimum atomic E-state index is 0.301. The van der Waals surface area contributed by atoms with Gasteiger partial charge in [-0.05, 0) is 37.4 Å². The second kappa shape index (κ2) is 6.61. The monoisotopic (exact) mass is 287 g/mol. The second-order valence-electron chi connectivity index (χ2n) is 6.87. The fourth-order valence-electron chi connectivity index (χ4n) is 2.94. The van der Waals surface area contributed by atoms with Crippen LogP contribution in [0.25, 0.3) is 0 Å². The predicted octanol–water partition coefficient (Wildman–Crippen LogP) is 3.93. The fourth-order valence-corrected chi connectivity index (χ4v) is 2.94. The Morgan fingerprint density at radius 2 is 2.10 bits per heavy atom. The molecule has 3 nitrogen and oxygen atoms in total. The quantitative estimate of drug-likeness (QED) is 0.850. The molecule has 1 aromatic heterocycles. The van der Waals surface area contributed by atoms with Crippen LogP contribution in [0.1, 0.15) is 52.3 Å². The van der Waals surface area contributed by atoms with Crippen LogP contribution in [-0.2, 0) is 0 Å². The van der Waals surface area contributed by atoms with Gasteiger partial charge in [0.2, 0.25) is 0 Å². The molecule has 0 saturated heterocycles. The average molecular weight is 287 g/mol. The molecule has 116 valence electrons. The predicted molar refractivity (Wildman–Crippen MR) is 90.7 cm³/mol. The molecule has 0 saturated carbocycles. The van der Waals surface area contributed by atoms with Gasteiger partial charge in [-0.3, -0.25) is 4.98 Å². The molecule has 21 heavy (non-hydrogen) atoms. The molecule has 1 atom stereocenters. The van der Waals surface area contributed by atoms with Gasteiger partial charge in [0.05, 0.1) is 17.6 Å². The molecule has 0 radical (unpaired) electrons. The first kappa shape index (κ1) is 16.0. The third kappa shape index (κ3) is 3.85. The zero-order chi connectivity index (χ0) is 15.5.